The molecule has 0 unspecified atom stereocenters. The summed E-state index contributed by atoms with van der Waals surface area (Å²) < 4.78 is 25.9. The Kier molecular flexibility index (Phi) is 8.84. The standard InChI is InChI=1S/C27H31FN4O7/c1-18(33)29-14-22-16-32(27(37)39-22)20-7-8-24(23(28)13-20)38-21-9-11-30(12-10-21)25(34)17-31(26(35)36)15-19-5-3-2-4-6-19/h2-8,13,21-22H,9-12,14-17H2,1H3,(H,29,33)(H,35,36)/t22-/m0/s1. The molecule has 11 nitrogen and oxygen atoms in total. The third kappa shape index (κ3) is 7.37. The number of amides is 4. The van der Waals surface area contributed by atoms with Crippen LogP contribution in [-0.4, -0.2) is 83.8 Å². The van der Waals surface area contributed by atoms with Gasteiger partial charge in [-0.05, 0) is 17.7 Å². The van der Waals surface area contributed by atoms with Crippen LogP contribution in [-0.2, 0) is 20.9 Å². The van der Waals surface area contributed by atoms with E-state index in [1.54, 1.807) is 23.1 Å². The van der Waals surface area contributed by atoms with E-state index in [9.17, 15) is 28.7 Å². The van der Waals surface area contributed by atoms with Gasteiger partial charge < -0.3 is 24.8 Å². The van der Waals surface area contributed by atoms with E-state index in [-0.39, 0.29) is 49.8 Å². The number of benzene rings is 2. The summed E-state index contributed by atoms with van der Waals surface area (Å²) in [5.41, 5.74) is 1.10. The predicted molar refractivity (Wildman–Crippen MR) is 138 cm³/mol. The van der Waals surface area contributed by atoms with Gasteiger partial charge in [0.25, 0.3) is 0 Å². The van der Waals surface area contributed by atoms with Crippen LogP contribution < -0.4 is 15.0 Å². The first-order valence-corrected chi connectivity index (χ1v) is 12.7. The number of rotatable bonds is 9. The zero-order chi connectivity index (χ0) is 27.9. The number of carboxylic acid groups (broad SMARTS) is 1. The van der Waals surface area contributed by atoms with E-state index >= 15 is 0 Å². The number of hydrogen-bond acceptors (Lipinski definition) is 6. The average molecular weight is 543 g/mol. The van der Waals surface area contributed by atoms with Crippen LogP contribution in [0.5, 0.6) is 5.75 Å². The highest BCUT2D eigenvalue weighted by Crippen LogP contribution is 2.29. The minimum atomic E-state index is -1.17. The fraction of sp³-hybridized carbons (Fsp3) is 0.407. The molecule has 2 heterocycles. The lowest BCUT2D eigenvalue weighted by Gasteiger charge is -2.33. The molecule has 4 amide bonds. The van der Waals surface area contributed by atoms with Crippen LogP contribution in [0, 0.1) is 5.82 Å². The maximum Gasteiger partial charge on any atom is 0.414 e. The number of nitrogens with one attached hydrogen (secondary N) is 1. The van der Waals surface area contributed by atoms with Crippen molar-refractivity contribution in [2.75, 3.05) is 37.6 Å². The number of carbonyl (C=O) groups is 4. The number of nitrogens with zero attached hydrogens (tertiary/aromatic N) is 3. The van der Waals surface area contributed by atoms with Crippen molar-refractivity contribution in [3.63, 3.8) is 0 Å². The van der Waals surface area contributed by atoms with E-state index in [4.69, 9.17) is 9.47 Å². The van der Waals surface area contributed by atoms with Crippen LogP contribution >= 0.6 is 0 Å². The second-order valence-electron chi connectivity index (χ2n) is 9.49. The number of piperidine rings is 1. The van der Waals surface area contributed by atoms with E-state index in [0.29, 0.717) is 31.6 Å². The summed E-state index contributed by atoms with van der Waals surface area (Å²) in [4.78, 5) is 51.7. The first-order valence-electron chi connectivity index (χ1n) is 12.7. The summed E-state index contributed by atoms with van der Waals surface area (Å²) in [6, 6.07) is 13.3. The van der Waals surface area contributed by atoms with Crippen molar-refractivity contribution in [1.82, 2.24) is 15.1 Å². The van der Waals surface area contributed by atoms with Gasteiger partial charge in [0, 0.05) is 45.5 Å². The molecule has 0 bridgehead atoms. The Morgan fingerprint density at radius 1 is 1.15 bits per heavy atom. The molecule has 0 aromatic heterocycles. The molecule has 0 spiro atoms. The van der Waals surface area contributed by atoms with Gasteiger partial charge in [0.1, 0.15) is 18.8 Å². The van der Waals surface area contributed by atoms with Gasteiger partial charge in [0.05, 0.1) is 18.8 Å². The number of carbonyl (C=O) groups excluding carboxylic acids is 3. The molecule has 0 radical (unpaired) electrons. The van der Waals surface area contributed by atoms with Crippen LogP contribution in [0.1, 0.15) is 25.3 Å². The summed E-state index contributed by atoms with van der Waals surface area (Å²) in [7, 11) is 0. The highest BCUT2D eigenvalue weighted by molar-refractivity contribution is 5.90. The third-order valence-corrected chi connectivity index (χ3v) is 6.58. The van der Waals surface area contributed by atoms with Gasteiger partial charge in [-0.3, -0.25) is 19.4 Å². The quantitative estimate of drug-likeness (QED) is 0.499. The molecule has 2 aromatic rings. The minimum absolute atomic E-state index is 0.0331. The Labute approximate surface area is 225 Å². The van der Waals surface area contributed by atoms with Crippen molar-refractivity contribution < 1.29 is 38.1 Å². The van der Waals surface area contributed by atoms with Crippen molar-refractivity contribution >= 4 is 29.7 Å². The third-order valence-electron chi connectivity index (χ3n) is 6.58. The van der Waals surface area contributed by atoms with Crippen molar-refractivity contribution in [1.29, 1.82) is 0 Å². The van der Waals surface area contributed by atoms with Gasteiger partial charge in [0.15, 0.2) is 11.6 Å². The molecule has 1 atom stereocenters. The number of likely N-dealkylation sites (tertiary alicyclic amines) is 1. The molecule has 2 aliphatic heterocycles. The van der Waals surface area contributed by atoms with Gasteiger partial charge in [-0.25, -0.2) is 14.0 Å². The predicted octanol–water partition coefficient (Wildman–Crippen LogP) is 2.84. The monoisotopic (exact) mass is 542 g/mol. The number of halogens is 1. The summed E-state index contributed by atoms with van der Waals surface area (Å²) in [5, 5.41) is 12.1. The Balaban J connectivity index is 1.27. The van der Waals surface area contributed by atoms with E-state index in [1.807, 2.05) is 18.2 Å². The van der Waals surface area contributed by atoms with Gasteiger partial charge in [-0.1, -0.05) is 30.3 Å². The summed E-state index contributed by atoms with van der Waals surface area (Å²) in [6.07, 6.45) is -1.73. The molecule has 208 valence electrons. The van der Waals surface area contributed by atoms with Gasteiger partial charge in [-0.15, -0.1) is 0 Å². The number of anilines is 1. The highest BCUT2D eigenvalue weighted by Gasteiger charge is 2.33. The fourth-order valence-electron chi connectivity index (χ4n) is 4.51. The summed E-state index contributed by atoms with van der Waals surface area (Å²) >= 11 is 0. The van der Waals surface area contributed by atoms with Crippen molar-refractivity contribution in [2.45, 2.75) is 38.5 Å². The van der Waals surface area contributed by atoms with Crippen LogP contribution in [0.3, 0.4) is 0 Å². The fourth-order valence-corrected chi connectivity index (χ4v) is 4.51. The Bertz CT molecular complexity index is 1200. The number of cyclic esters (lactones) is 1. The van der Waals surface area contributed by atoms with E-state index in [1.165, 1.54) is 24.0 Å². The Hall–Kier alpha value is -4.35. The average Bonchev–Trinajstić information content (AvgIpc) is 3.29. The second kappa shape index (κ2) is 12.5. The number of hydrogen-bond donors (Lipinski definition) is 2. The Morgan fingerprint density at radius 3 is 2.51 bits per heavy atom. The SMILES string of the molecule is CC(=O)NC[C@H]1CN(c2ccc(OC3CCN(C(=O)CN(Cc4ccccc4)C(=O)O)CC3)c(F)c2)C(=O)O1. The van der Waals surface area contributed by atoms with E-state index < -0.39 is 24.1 Å². The second-order valence-corrected chi connectivity index (χ2v) is 9.49. The Morgan fingerprint density at radius 2 is 1.87 bits per heavy atom. The van der Waals surface area contributed by atoms with Gasteiger partial charge in [-0.2, -0.15) is 0 Å². The van der Waals surface area contributed by atoms with Crippen LogP contribution in [0.15, 0.2) is 48.5 Å². The lowest BCUT2D eigenvalue weighted by Crippen LogP contribution is -2.47. The molecule has 4 rings (SSSR count). The van der Waals surface area contributed by atoms with Crippen LogP contribution in [0.25, 0.3) is 0 Å². The smallest absolute Gasteiger partial charge is 0.414 e. The molecule has 2 fully saturated rings. The molecule has 2 N–H and O–H groups in total. The first kappa shape index (κ1) is 27.7. The summed E-state index contributed by atoms with van der Waals surface area (Å²) in [5.74, 6) is -1.14. The molecule has 2 aromatic carbocycles. The lowest BCUT2D eigenvalue weighted by molar-refractivity contribution is -0.134. The van der Waals surface area contributed by atoms with Crippen LogP contribution in [0.2, 0.25) is 0 Å². The molecule has 2 aliphatic rings. The maximum absolute atomic E-state index is 14.9. The van der Waals surface area contributed by atoms with Gasteiger partial charge in [0.2, 0.25) is 11.8 Å². The molecule has 2 saturated heterocycles. The van der Waals surface area contributed by atoms with Crippen molar-refractivity contribution in [3.8, 4) is 5.75 Å². The normalized spacial score (nSPS) is 17.5. The highest BCUT2D eigenvalue weighted by atomic mass is 19.1. The van der Waals surface area contributed by atoms with Crippen LogP contribution in [0.4, 0.5) is 19.7 Å². The molecule has 0 aliphatic carbocycles. The van der Waals surface area contributed by atoms with Gasteiger partial charge >= 0.3 is 12.2 Å². The van der Waals surface area contributed by atoms with Crippen molar-refractivity contribution in [3.05, 3.63) is 59.9 Å². The molecule has 0 saturated carbocycles. The maximum atomic E-state index is 14.9. The van der Waals surface area contributed by atoms with E-state index in [0.717, 1.165) is 10.5 Å². The minimum Gasteiger partial charge on any atom is -0.487 e. The molecular formula is C27H31FN4O7. The first-order chi connectivity index (χ1) is 18.7. The molecule has 39 heavy (non-hydrogen) atoms. The zero-order valence-corrected chi connectivity index (χ0v) is 21.5. The van der Waals surface area contributed by atoms with Crippen molar-refractivity contribution in [2.24, 2.45) is 0 Å². The topological polar surface area (TPSA) is 129 Å². The number of ether oxygens (including phenoxy) is 2. The zero-order valence-electron chi connectivity index (χ0n) is 21.5. The lowest BCUT2D eigenvalue weighted by atomic mass is 10.1. The molecular weight excluding hydrogens is 511 g/mol. The summed E-state index contributed by atoms with van der Waals surface area (Å²) in [6.45, 7) is 2.29. The van der Waals surface area contributed by atoms with E-state index in [2.05, 4.69) is 5.32 Å². The molecule has 12 heteroatoms. The largest absolute Gasteiger partial charge is 0.487 e.